The summed E-state index contributed by atoms with van der Waals surface area (Å²) < 4.78 is 0.677. The van der Waals surface area contributed by atoms with Crippen molar-refractivity contribution in [3.63, 3.8) is 0 Å². The summed E-state index contributed by atoms with van der Waals surface area (Å²) in [5, 5.41) is 0. The van der Waals surface area contributed by atoms with Crippen LogP contribution in [0.3, 0.4) is 0 Å². The fourth-order valence-corrected chi connectivity index (χ4v) is 4.40. The SMILES string of the molecule is CCC[N+]12C(=O)c3ccccc3C1CN(C)CC2CC. The van der Waals surface area contributed by atoms with Gasteiger partial charge in [-0.25, -0.2) is 9.28 Å². The third-order valence-corrected chi connectivity index (χ3v) is 5.21. The fraction of sp³-hybridized carbons (Fsp3) is 0.588. The summed E-state index contributed by atoms with van der Waals surface area (Å²) in [7, 11) is 2.19. The zero-order valence-corrected chi connectivity index (χ0v) is 12.8. The van der Waals surface area contributed by atoms with E-state index in [2.05, 4.69) is 37.9 Å². The van der Waals surface area contributed by atoms with Crippen LogP contribution in [0.2, 0.25) is 0 Å². The van der Waals surface area contributed by atoms with E-state index in [-0.39, 0.29) is 0 Å². The third-order valence-electron chi connectivity index (χ3n) is 5.21. The van der Waals surface area contributed by atoms with Gasteiger partial charge in [0.05, 0.1) is 25.2 Å². The highest BCUT2D eigenvalue weighted by atomic mass is 16.2. The van der Waals surface area contributed by atoms with Gasteiger partial charge in [0.25, 0.3) is 0 Å². The number of nitrogens with zero attached hydrogens (tertiary/aromatic N) is 2. The van der Waals surface area contributed by atoms with Crippen LogP contribution in [-0.4, -0.2) is 48.0 Å². The Morgan fingerprint density at radius 1 is 1.25 bits per heavy atom. The van der Waals surface area contributed by atoms with Gasteiger partial charge in [0.2, 0.25) is 0 Å². The molecule has 0 radical (unpaired) electrons. The number of benzene rings is 1. The van der Waals surface area contributed by atoms with Crippen LogP contribution in [0.25, 0.3) is 0 Å². The Hall–Kier alpha value is -1.19. The molecular formula is C17H25N2O+. The first kappa shape index (κ1) is 13.8. The molecule has 0 aliphatic carbocycles. The molecule has 3 nitrogen and oxygen atoms in total. The zero-order valence-electron chi connectivity index (χ0n) is 12.8. The van der Waals surface area contributed by atoms with Crippen LogP contribution in [0, 0.1) is 0 Å². The highest BCUT2D eigenvalue weighted by Gasteiger charge is 2.58. The lowest BCUT2D eigenvalue weighted by Gasteiger charge is -2.49. The van der Waals surface area contributed by atoms with Crippen LogP contribution < -0.4 is 0 Å². The van der Waals surface area contributed by atoms with Gasteiger partial charge in [0.1, 0.15) is 12.1 Å². The average molecular weight is 273 g/mol. The Labute approximate surface area is 121 Å². The van der Waals surface area contributed by atoms with Gasteiger partial charge in [0.15, 0.2) is 0 Å². The second-order valence-corrected chi connectivity index (χ2v) is 6.35. The molecule has 0 bridgehead atoms. The highest BCUT2D eigenvalue weighted by Crippen LogP contribution is 2.46. The van der Waals surface area contributed by atoms with E-state index in [0.29, 0.717) is 22.5 Å². The van der Waals surface area contributed by atoms with E-state index in [1.54, 1.807) is 0 Å². The Morgan fingerprint density at radius 2 is 2.00 bits per heavy atom. The lowest BCUT2D eigenvalue weighted by Crippen LogP contribution is -2.66. The summed E-state index contributed by atoms with van der Waals surface area (Å²) in [4.78, 5) is 15.6. The summed E-state index contributed by atoms with van der Waals surface area (Å²) in [5.74, 6) is 0.368. The molecule has 2 aliphatic heterocycles. The summed E-state index contributed by atoms with van der Waals surface area (Å²) in [5.41, 5.74) is 2.25. The van der Waals surface area contributed by atoms with Gasteiger partial charge in [-0.05, 0) is 26.0 Å². The molecule has 2 heterocycles. The molecule has 3 heteroatoms. The van der Waals surface area contributed by atoms with Crippen LogP contribution in [0.15, 0.2) is 24.3 Å². The first-order chi connectivity index (χ1) is 9.65. The number of quaternary nitrogens is 1. The normalized spacial score (nSPS) is 33.0. The summed E-state index contributed by atoms with van der Waals surface area (Å²) >= 11 is 0. The van der Waals surface area contributed by atoms with E-state index >= 15 is 0 Å². The molecule has 0 saturated carbocycles. The van der Waals surface area contributed by atoms with Gasteiger partial charge in [-0.3, -0.25) is 4.90 Å². The van der Waals surface area contributed by atoms with Crippen molar-refractivity contribution in [1.29, 1.82) is 0 Å². The maximum atomic E-state index is 13.2. The summed E-state index contributed by atoms with van der Waals surface area (Å²) in [6.07, 6.45) is 2.14. The first-order valence-corrected chi connectivity index (χ1v) is 7.85. The highest BCUT2D eigenvalue weighted by molar-refractivity contribution is 5.93. The molecule has 1 saturated heterocycles. The number of carbonyl (C=O) groups excluding carboxylic acids is 1. The topological polar surface area (TPSA) is 20.3 Å². The van der Waals surface area contributed by atoms with Crippen molar-refractivity contribution in [2.24, 2.45) is 0 Å². The molecule has 1 aromatic carbocycles. The number of hydrogen-bond acceptors (Lipinski definition) is 2. The predicted molar refractivity (Wildman–Crippen MR) is 80.5 cm³/mol. The first-order valence-electron chi connectivity index (χ1n) is 7.85. The Kier molecular flexibility index (Phi) is 3.43. The number of fused-ring (bicyclic) bond motifs is 3. The largest absolute Gasteiger partial charge is 0.347 e. The minimum Gasteiger partial charge on any atom is -0.294 e. The predicted octanol–water partition coefficient (Wildman–Crippen LogP) is 2.83. The Bertz CT molecular complexity index is 527. The van der Waals surface area contributed by atoms with Gasteiger partial charge in [-0.1, -0.05) is 32.0 Å². The average Bonchev–Trinajstić information content (AvgIpc) is 2.70. The number of rotatable bonds is 3. The summed E-state index contributed by atoms with van der Waals surface area (Å²) in [6.45, 7) is 7.44. The van der Waals surface area contributed by atoms with Gasteiger partial charge in [0, 0.05) is 5.56 Å². The monoisotopic (exact) mass is 273 g/mol. The van der Waals surface area contributed by atoms with E-state index in [1.165, 1.54) is 5.56 Å². The molecule has 3 unspecified atom stereocenters. The maximum Gasteiger partial charge on any atom is 0.347 e. The number of hydrogen-bond donors (Lipinski definition) is 0. The van der Waals surface area contributed by atoms with Crippen molar-refractivity contribution >= 4 is 5.91 Å². The Balaban J connectivity index is 2.15. The van der Waals surface area contributed by atoms with E-state index in [0.717, 1.165) is 38.0 Å². The smallest absolute Gasteiger partial charge is 0.294 e. The molecule has 0 spiro atoms. The summed E-state index contributed by atoms with van der Waals surface area (Å²) in [6, 6.07) is 9.04. The molecule has 20 heavy (non-hydrogen) atoms. The molecule has 0 N–H and O–H groups in total. The standard InChI is InChI=1S/C17H25N2O/c1-4-10-19-13(5-2)11-18(3)12-16(19)14-8-6-7-9-15(14)17(19)20/h6-9,13,16H,4-5,10-12H2,1-3H3/q+1. The number of likely N-dealkylation sites (N-methyl/N-ethyl adjacent to an activating group) is 1. The minimum absolute atomic E-state index is 0.336. The van der Waals surface area contributed by atoms with Crippen molar-refractivity contribution in [3.8, 4) is 0 Å². The lowest BCUT2D eigenvalue weighted by atomic mass is 9.97. The van der Waals surface area contributed by atoms with Crippen LogP contribution in [0.5, 0.6) is 0 Å². The zero-order chi connectivity index (χ0) is 14.3. The molecule has 0 aromatic heterocycles. The van der Waals surface area contributed by atoms with Gasteiger partial charge in [-0.15, -0.1) is 0 Å². The second kappa shape index (κ2) is 4.97. The number of amides is 1. The minimum atomic E-state index is 0.336. The molecule has 3 rings (SSSR count). The van der Waals surface area contributed by atoms with Crippen molar-refractivity contribution in [1.82, 2.24) is 4.90 Å². The molecule has 108 valence electrons. The number of piperazine rings is 1. The van der Waals surface area contributed by atoms with Crippen molar-refractivity contribution in [2.45, 2.75) is 38.8 Å². The molecule has 1 fully saturated rings. The molecule has 1 amide bonds. The quantitative estimate of drug-likeness (QED) is 0.789. The van der Waals surface area contributed by atoms with E-state index in [4.69, 9.17) is 0 Å². The maximum absolute atomic E-state index is 13.2. The van der Waals surface area contributed by atoms with Crippen LogP contribution in [-0.2, 0) is 0 Å². The molecule has 2 aliphatic rings. The van der Waals surface area contributed by atoms with E-state index < -0.39 is 0 Å². The lowest BCUT2D eigenvalue weighted by molar-refractivity contribution is -0.906. The molecule has 1 aromatic rings. The van der Waals surface area contributed by atoms with Gasteiger partial charge < -0.3 is 0 Å². The fourth-order valence-electron chi connectivity index (χ4n) is 4.40. The van der Waals surface area contributed by atoms with Gasteiger partial charge in [-0.2, -0.15) is 0 Å². The van der Waals surface area contributed by atoms with Gasteiger partial charge >= 0.3 is 5.91 Å². The van der Waals surface area contributed by atoms with E-state index in [9.17, 15) is 4.79 Å². The van der Waals surface area contributed by atoms with Crippen molar-refractivity contribution < 1.29 is 9.28 Å². The number of carbonyl (C=O) groups is 1. The third kappa shape index (κ3) is 1.69. The van der Waals surface area contributed by atoms with Crippen LogP contribution in [0.4, 0.5) is 0 Å². The van der Waals surface area contributed by atoms with Crippen LogP contribution in [0.1, 0.15) is 48.7 Å². The van der Waals surface area contributed by atoms with Crippen molar-refractivity contribution in [2.75, 3.05) is 26.7 Å². The Morgan fingerprint density at radius 3 is 2.70 bits per heavy atom. The molecular weight excluding hydrogens is 248 g/mol. The molecule has 3 atom stereocenters. The second-order valence-electron chi connectivity index (χ2n) is 6.35. The van der Waals surface area contributed by atoms with Crippen molar-refractivity contribution in [3.05, 3.63) is 35.4 Å². The van der Waals surface area contributed by atoms with Crippen LogP contribution >= 0.6 is 0 Å². The van der Waals surface area contributed by atoms with E-state index in [1.807, 2.05) is 12.1 Å².